The van der Waals surface area contributed by atoms with Crippen molar-refractivity contribution in [3.63, 3.8) is 0 Å². The molecule has 2 atom stereocenters. The summed E-state index contributed by atoms with van der Waals surface area (Å²) in [5.74, 6) is 0.0104. The van der Waals surface area contributed by atoms with Gasteiger partial charge in [0, 0.05) is 0 Å². The van der Waals surface area contributed by atoms with Gasteiger partial charge in [-0.05, 0) is 31.2 Å². The van der Waals surface area contributed by atoms with Crippen LogP contribution in [0.2, 0.25) is 0 Å². The first-order valence-corrected chi connectivity index (χ1v) is 10.1. The van der Waals surface area contributed by atoms with Crippen molar-refractivity contribution < 1.29 is 14.3 Å². The van der Waals surface area contributed by atoms with E-state index in [1.54, 1.807) is 0 Å². The number of benzene rings is 1. The minimum absolute atomic E-state index is 0.0124. The molecule has 1 saturated carbocycles. The number of rotatable bonds is 11. The van der Waals surface area contributed by atoms with Crippen LogP contribution in [0.25, 0.3) is 0 Å². The van der Waals surface area contributed by atoms with Crippen molar-refractivity contribution in [2.45, 2.75) is 83.8 Å². The van der Waals surface area contributed by atoms with Gasteiger partial charge in [0.1, 0.15) is 0 Å². The predicted octanol–water partition coefficient (Wildman–Crippen LogP) is 5.67. The van der Waals surface area contributed by atoms with Gasteiger partial charge in [-0.1, -0.05) is 75.8 Å². The van der Waals surface area contributed by atoms with Crippen LogP contribution in [0.1, 0.15) is 76.7 Å². The van der Waals surface area contributed by atoms with Crippen LogP contribution in [0.3, 0.4) is 0 Å². The fourth-order valence-electron chi connectivity index (χ4n) is 3.47. The molecule has 3 heteroatoms. The summed E-state index contributed by atoms with van der Waals surface area (Å²) in [5, 5.41) is 0. The van der Waals surface area contributed by atoms with Crippen LogP contribution >= 0.6 is 0 Å². The van der Waals surface area contributed by atoms with Gasteiger partial charge in [0.25, 0.3) is 0 Å². The number of carbonyl (C=O) groups is 1. The highest BCUT2D eigenvalue weighted by atomic mass is 16.5. The topological polar surface area (TPSA) is 35.5 Å². The molecular weight excluding hydrogens is 312 g/mol. The van der Waals surface area contributed by atoms with E-state index < -0.39 is 0 Å². The van der Waals surface area contributed by atoms with Gasteiger partial charge in [0.15, 0.2) is 0 Å². The molecule has 140 valence electrons. The second-order valence-corrected chi connectivity index (χ2v) is 7.22. The fourth-order valence-corrected chi connectivity index (χ4v) is 3.47. The molecule has 0 heterocycles. The van der Waals surface area contributed by atoms with E-state index in [0.29, 0.717) is 13.2 Å². The fraction of sp³-hybridized carbons (Fsp3) is 0.682. The van der Waals surface area contributed by atoms with Crippen molar-refractivity contribution in [1.29, 1.82) is 0 Å². The Morgan fingerprint density at radius 3 is 2.60 bits per heavy atom. The quantitative estimate of drug-likeness (QED) is 0.383. The molecule has 1 aromatic carbocycles. The molecule has 3 nitrogen and oxygen atoms in total. The lowest BCUT2D eigenvalue weighted by Crippen LogP contribution is -2.29. The van der Waals surface area contributed by atoms with Gasteiger partial charge in [-0.25, -0.2) is 0 Å². The summed E-state index contributed by atoms with van der Waals surface area (Å²) in [6.07, 6.45) is 11.3. The molecule has 0 aliphatic heterocycles. The van der Waals surface area contributed by atoms with Gasteiger partial charge in [0.2, 0.25) is 0 Å². The maximum Gasteiger partial charge on any atom is 0.309 e. The van der Waals surface area contributed by atoms with Crippen LogP contribution in [-0.2, 0) is 20.9 Å². The molecule has 1 fully saturated rings. The maximum absolute atomic E-state index is 12.3. The van der Waals surface area contributed by atoms with Crippen LogP contribution in [0.4, 0.5) is 0 Å². The number of esters is 1. The minimum Gasteiger partial charge on any atom is -0.465 e. The van der Waals surface area contributed by atoms with Crippen LogP contribution < -0.4 is 0 Å². The monoisotopic (exact) mass is 346 g/mol. The van der Waals surface area contributed by atoms with Gasteiger partial charge in [-0.15, -0.1) is 0 Å². The summed E-state index contributed by atoms with van der Waals surface area (Å²) in [5.41, 5.74) is 1.19. The average Bonchev–Trinajstić information content (AvgIpc) is 2.66. The molecular formula is C22H34O3. The van der Waals surface area contributed by atoms with E-state index in [9.17, 15) is 4.79 Å². The molecule has 1 aliphatic carbocycles. The molecule has 0 radical (unpaired) electrons. The number of unbranched alkanes of at least 4 members (excludes halogenated alkanes) is 5. The maximum atomic E-state index is 12.3. The molecule has 2 rings (SSSR count). The summed E-state index contributed by atoms with van der Waals surface area (Å²) < 4.78 is 11.5. The molecule has 0 N–H and O–H groups in total. The standard InChI is InChI=1S/C22H34O3/c1-2-3-4-5-6-10-16-24-22(23)20-14-11-15-21(17-20)25-18-19-12-8-7-9-13-19/h7-9,12-13,20-21H,2-6,10-11,14-18H2,1H3. The van der Waals surface area contributed by atoms with Crippen molar-refractivity contribution >= 4 is 5.97 Å². The Morgan fingerprint density at radius 1 is 1.04 bits per heavy atom. The highest BCUT2D eigenvalue weighted by Crippen LogP contribution is 2.28. The summed E-state index contributed by atoms with van der Waals surface area (Å²) in [7, 11) is 0. The van der Waals surface area contributed by atoms with Gasteiger partial charge < -0.3 is 9.47 Å². The SMILES string of the molecule is CCCCCCCCOC(=O)C1CCCC(OCc2ccccc2)C1. The first-order valence-electron chi connectivity index (χ1n) is 10.1. The van der Waals surface area contributed by atoms with E-state index in [2.05, 4.69) is 19.1 Å². The zero-order valence-electron chi connectivity index (χ0n) is 15.8. The van der Waals surface area contributed by atoms with Crippen LogP contribution in [0, 0.1) is 5.92 Å². The highest BCUT2D eigenvalue weighted by Gasteiger charge is 2.28. The van der Waals surface area contributed by atoms with Crippen LogP contribution in [0.5, 0.6) is 0 Å². The van der Waals surface area contributed by atoms with Crippen molar-refractivity contribution in [2.75, 3.05) is 6.61 Å². The third-order valence-electron chi connectivity index (χ3n) is 5.03. The van der Waals surface area contributed by atoms with E-state index in [-0.39, 0.29) is 18.0 Å². The van der Waals surface area contributed by atoms with Crippen molar-refractivity contribution in [2.24, 2.45) is 5.92 Å². The van der Waals surface area contributed by atoms with Gasteiger partial charge in [0.05, 0.1) is 25.2 Å². The Balaban J connectivity index is 1.60. The van der Waals surface area contributed by atoms with E-state index in [1.807, 2.05) is 18.2 Å². The zero-order valence-corrected chi connectivity index (χ0v) is 15.8. The second-order valence-electron chi connectivity index (χ2n) is 7.22. The van der Waals surface area contributed by atoms with Gasteiger partial charge in [-0.2, -0.15) is 0 Å². The Kier molecular flexibility index (Phi) is 9.65. The number of carbonyl (C=O) groups excluding carboxylic acids is 1. The molecule has 0 spiro atoms. The van der Waals surface area contributed by atoms with Gasteiger partial charge in [-0.3, -0.25) is 4.79 Å². The first kappa shape index (κ1) is 20.0. The Labute approximate surface area is 153 Å². The summed E-state index contributed by atoms with van der Waals surface area (Å²) >= 11 is 0. The third kappa shape index (κ3) is 8.04. The molecule has 0 saturated heterocycles. The third-order valence-corrected chi connectivity index (χ3v) is 5.03. The van der Waals surface area contributed by atoms with E-state index in [4.69, 9.17) is 9.47 Å². The van der Waals surface area contributed by atoms with E-state index in [0.717, 1.165) is 32.1 Å². The molecule has 0 aromatic heterocycles. The molecule has 1 aromatic rings. The van der Waals surface area contributed by atoms with E-state index >= 15 is 0 Å². The second kappa shape index (κ2) is 12.1. The van der Waals surface area contributed by atoms with E-state index in [1.165, 1.54) is 37.7 Å². The van der Waals surface area contributed by atoms with Gasteiger partial charge >= 0.3 is 5.97 Å². The first-order chi connectivity index (χ1) is 12.3. The smallest absolute Gasteiger partial charge is 0.309 e. The highest BCUT2D eigenvalue weighted by molar-refractivity contribution is 5.72. The zero-order chi connectivity index (χ0) is 17.7. The molecule has 2 unspecified atom stereocenters. The Morgan fingerprint density at radius 2 is 1.80 bits per heavy atom. The van der Waals surface area contributed by atoms with Crippen molar-refractivity contribution in [3.8, 4) is 0 Å². The largest absolute Gasteiger partial charge is 0.465 e. The number of hydrogen-bond donors (Lipinski definition) is 0. The Hall–Kier alpha value is -1.35. The number of hydrogen-bond acceptors (Lipinski definition) is 3. The molecule has 1 aliphatic rings. The normalized spacial score (nSPS) is 20.4. The summed E-state index contributed by atoms with van der Waals surface area (Å²) in [4.78, 5) is 12.3. The minimum atomic E-state index is -0.0124. The lowest BCUT2D eigenvalue weighted by molar-refractivity contribution is -0.152. The average molecular weight is 347 g/mol. The molecule has 25 heavy (non-hydrogen) atoms. The van der Waals surface area contributed by atoms with Crippen LogP contribution in [0.15, 0.2) is 30.3 Å². The molecule has 0 bridgehead atoms. The summed E-state index contributed by atoms with van der Waals surface area (Å²) in [6, 6.07) is 10.2. The van der Waals surface area contributed by atoms with Crippen molar-refractivity contribution in [3.05, 3.63) is 35.9 Å². The lowest BCUT2D eigenvalue weighted by atomic mass is 9.87. The predicted molar refractivity (Wildman–Crippen MR) is 101 cm³/mol. The molecule has 0 amide bonds. The Bertz CT molecular complexity index is 471. The van der Waals surface area contributed by atoms with Crippen LogP contribution in [-0.4, -0.2) is 18.7 Å². The number of ether oxygens (including phenoxy) is 2. The lowest BCUT2D eigenvalue weighted by Gasteiger charge is -2.28. The summed E-state index contributed by atoms with van der Waals surface area (Å²) in [6.45, 7) is 3.44. The van der Waals surface area contributed by atoms with Crippen molar-refractivity contribution in [1.82, 2.24) is 0 Å².